The Balaban J connectivity index is 2.40. The van der Waals surface area contributed by atoms with E-state index < -0.39 is 22.0 Å². The van der Waals surface area contributed by atoms with Gasteiger partial charge in [0.15, 0.2) is 0 Å². The van der Waals surface area contributed by atoms with Gasteiger partial charge < -0.3 is 5.32 Å². The Morgan fingerprint density at radius 1 is 1.04 bits per heavy atom. The maximum Gasteiger partial charge on any atom is 0.248 e. The van der Waals surface area contributed by atoms with Crippen LogP contribution in [0.25, 0.3) is 0 Å². The molecule has 2 aromatic carbocycles. The third-order valence-electron chi connectivity index (χ3n) is 3.68. The summed E-state index contributed by atoms with van der Waals surface area (Å²) < 4.78 is 25.8. The molecular weight excluding hydrogens is 454 g/mol. The number of hydrogen-bond acceptors (Lipinski definition) is 3. The fraction of sp³-hybridized carbons (Fsp3) is 0.235. The molecule has 146 valence electrons. The SMILES string of the molecule is CC[C@@H](C(=O)Nc1cc(Cl)c(Cl)cc1Cl)N(c1ccc(Cl)cc1)S(C)(=O)=O. The highest BCUT2D eigenvalue weighted by Crippen LogP contribution is 2.33. The van der Waals surface area contributed by atoms with Crippen molar-refractivity contribution < 1.29 is 13.2 Å². The average molecular weight is 470 g/mol. The predicted molar refractivity (Wildman–Crippen MR) is 113 cm³/mol. The second kappa shape index (κ2) is 8.88. The lowest BCUT2D eigenvalue weighted by Crippen LogP contribution is -2.47. The van der Waals surface area contributed by atoms with Crippen LogP contribution in [0.2, 0.25) is 20.1 Å². The molecule has 0 saturated heterocycles. The van der Waals surface area contributed by atoms with E-state index in [0.29, 0.717) is 10.7 Å². The summed E-state index contributed by atoms with van der Waals surface area (Å²) in [5.74, 6) is -0.557. The zero-order chi connectivity index (χ0) is 20.4. The first-order chi connectivity index (χ1) is 12.5. The first-order valence-electron chi connectivity index (χ1n) is 7.75. The number of carbonyl (C=O) groups excluding carboxylic acids is 1. The highest BCUT2D eigenvalue weighted by molar-refractivity contribution is 7.92. The number of amides is 1. The summed E-state index contributed by atoms with van der Waals surface area (Å²) in [5.41, 5.74) is 0.559. The van der Waals surface area contributed by atoms with E-state index in [1.54, 1.807) is 19.1 Å². The summed E-state index contributed by atoms with van der Waals surface area (Å²) in [6.07, 6.45) is 1.25. The van der Waals surface area contributed by atoms with Crippen molar-refractivity contribution in [3.8, 4) is 0 Å². The number of nitrogens with zero attached hydrogens (tertiary/aromatic N) is 1. The van der Waals surface area contributed by atoms with Gasteiger partial charge in [-0.1, -0.05) is 53.3 Å². The summed E-state index contributed by atoms with van der Waals surface area (Å²) >= 11 is 23.8. The van der Waals surface area contributed by atoms with E-state index >= 15 is 0 Å². The van der Waals surface area contributed by atoms with Gasteiger partial charge in [-0.2, -0.15) is 0 Å². The number of benzene rings is 2. The van der Waals surface area contributed by atoms with E-state index in [1.807, 2.05) is 0 Å². The molecule has 0 fully saturated rings. The highest BCUT2D eigenvalue weighted by Gasteiger charge is 2.31. The van der Waals surface area contributed by atoms with Gasteiger partial charge in [0.05, 0.1) is 32.7 Å². The zero-order valence-corrected chi connectivity index (χ0v) is 18.2. The van der Waals surface area contributed by atoms with Gasteiger partial charge in [0.2, 0.25) is 15.9 Å². The minimum atomic E-state index is -3.76. The topological polar surface area (TPSA) is 66.5 Å². The van der Waals surface area contributed by atoms with Crippen LogP contribution in [0.3, 0.4) is 0 Å². The predicted octanol–water partition coefficient (Wildman–Crippen LogP) is 5.48. The summed E-state index contributed by atoms with van der Waals surface area (Å²) in [6, 6.07) is 7.97. The molecule has 0 unspecified atom stereocenters. The fourth-order valence-corrected chi connectivity index (χ4v) is 4.41. The molecule has 0 aliphatic carbocycles. The molecule has 0 radical (unpaired) electrons. The molecule has 0 spiro atoms. The molecule has 0 heterocycles. The van der Waals surface area contributed by atoms with Crippen molar-refractivity contribution in [1.29, 1.82) is 0 Å². The van der Waals surface area contributed by atoms with Gasteiger partial charge in [-0.15, -0.1) is 0 Å². The van der Waals surface area contributed by atoms with Gasteiger partial charge in [-0.05, 0) is 42.8 Å². The number of nitrogens with one attached hydrogen (secondary N) is 1. The van der Waals surface area contributed by atoms with Gasteiger partial charge in [-0.25, -0.2) is 8.42 Å². The number of rotatable bonds is 6. The van der Waals surface area contributed by atoms with Crippen molar-refractivity contribution in [3.63, 3.8) is 0 Å². The van der Waals surface area contributed by atoms with Gasteiger partial charge in [-0.3, -0.25) is 9.10 Å². The van der Waals surface area contributed by atoms with Gasteiger partial charge in [0.1, 0.15) is 6.04 Å². The Morgan fingerprint density at radius 2 is 1.59 bits per heavy atom. The van der Waals surface area contributed by atoms with Gasteiger partial charge in [0, 0.05) is 5.02 Å². The number of hydrogen-bond donors (Lipinski definition) is 1. The van der Waals surface area contributed by atoms with E-state index in [4.69, 9.17) is 46.4 Å². The van der Waals surface area contributed by atoms with E-state index in [1.165, 1.54) is 24.3 Å². The van der Waals surface area contributed by atoms with E-state index in [-0.39, 0.29) is 27.2 Å². The van der Waals surface area contributed by atoms with Crippen LogP contribution in [0, 0.1) is 0 Å². The number of anilines is 2. The van der Waals surface area contributed by atoms with Crippen molar-refractivity contribution in [2.75, 3.05) is 15.9 Å². The summed E-state index contributed by atoms with van der Waals surface area (Å²) in [6.45, 7) is 1.70. The van der Waals surface area contributed by atoms with Gasteiger partial charge >= 0.3 is 0 Å². The largest absolute Gasteiger partial charge is 0.323 e. The smallest absolute Gasteiger partial charge is 0.248 e. The van der Waals surface area contributed by atoms with Crippen molar-refractivity contribution in [2.45, 2.75) is 19.4 Å². The number of carbonyl (C=O) groups is 1. The van der Waals surface area contributed by atoms with E-state index in [0.717, 1.165) is 10.6 Å². The van der Waals surface area contributed by atoms with E-state index in [9.17, 15) is 13.2 Å². The Bertz CT molecular complexity index is 949. The molecule has 0 aliphatic rings. The van der Waals surface area contributed by atoms with E-state index in [2.05, 4.69) is 5.32 Å². The first kappa shape index (κ1) is 22.1. The second-order valence-electron chi connectivity index (χ2n) is 5.69. The summed E-state index contributed by atoms with van der Waals surface area (Å²) in [4.78, 5) is 12.8. The monoisotopic (exact) mass is 468 g/mol. The van der Waals surface area contributed by atoms with Crippen LogP contribution < -0.4 is 9.62 Å². The Hall–Kier alpha value is -1.18. The van der Waals surface area contributed by atoms with Crippen LogP contribution in [0.5, 0.6) is 0 Å². The fourth-order valence-electron chi connectivity index (χ4n) is 2.48. The number of halogens is 4. The van der Waals surface area contributed by atoms with Crippen LogP contribution in [0.4, 0.5) is 11.4 Å². The quantitative estimate of drug-likeness (QED) is 0.569. The van der Waals surface area contributed by atoms with Crippen LogP contribution in [0.15, 0.2) is 36.4 Å². The molecule has 27 heavy (non-hydrogen) atoms. The minimum absolute atomic E-state index is 0.185. The standard InChI is InChI=1S/C17H16Cl4N2O3S/c1-3-16(17(24)22-15-9-13(20)12(19)8-14(15)21)23(27(2,25)26)11-6-4-10(18)5-7-11/h4-9,16H,3H2,1-2H3,(H,22,24)/t16-/m0/s1. The van der Waals surface area contributed by atoms with Crippen molar-refractivity contribution in [2.24, 2.45) is 0 Å². The lowest BCUT2D eigenvalue weighted by atomic mass is 10.2. The molecule has 1 atom stereocenters. The lowest BCUT2D eigenvalue weighted by Gasteiger charge is -2.30. The first-order valence-corrected chi connectivity index (χ1v) is 11.1. The third kappa shape index (κ3) is 5.42. The van der Waals surface area contributed by atoms with Crippen molar-refractivity contribution in [3.05, 3.63) is 56.5 Å². The zero-order valence-electron chi connectivity index (χ0n) is 14.3. The maximum atomic E-state index is 12.8. The van der Waals surface area contributed by atoms with Crippen LogP contribution in [-0.4, -0.2) is 26.6 Å². The van der Waals surface area contributed by atoms with Crippen LogP contribution in [0.1, 0.15) is 13.3 Å². The summed E-state index contributed by atoms with van der Waals surface area (Å²) in [5, 5.41) is 3.70. The molecular formula is C17H16Cl4N2O3S. The van der Waals surface area contributed by atoms with Crippen molar-refractivity contribution >= 4 is 73.7 Å². The lowest BCUT2D eigenvalue weighted by molar-refractivity contribution is -0.117. The van der Waals surface area contributed by atoms with Crippen molar-refractivity contribution in [1.82, 2.24) is 0 Å². The molecule has 10 heteroatoms. The molecule has 2 aromatic rings. The summed E-state index contributed by atoms with van der Waals surface area (Å²) in [7, 11) is -3.76. The number of sulfonamides is 1. The Labute approximate surface area is 178 Å². The Kier molecular flexibility index (Phi) is 7.27. The molecule has 0 aliphatic heterocycles. The minimum Gasteiger partial charge on any atom is -0.323 e. The molecule has 5 nitrogen and oxygen atoms in total. The second-order valence-corrected chi connectivity index (χ2v) is 9.21. The average Bonchev–Trinajstić information content (AvgIpc) is 2.57. The molecule has 1 N–H and O–H groups in total. The Morgan fingerprint density at radius 3 is 2.11 bits per heavy atom. The van der Waals surface area contributed by atoms with Crippen LogP contribution in [-0.2, 0) is 14.8 Å². The highest BCUT2D eigenvalue weighted by atomic mass is 35.5. The third-order valence-corrected chi connectivity index (χ3v) is 6.15. The molecule has 1 amide bonds. The van der Waals surface area contributed by atoms with Crippen LogP contribution >= 0.6 is 46.4 Å². The molecule has 0 saturated carbocycles. The molecule has 0 bridgehead atoms. The molecule has 0 aromatic heterocycles. The van der Waals surface area contributed by atoms with Gasteiger partial charge in [0.25, 0.3) is 0 Å². The maximum absolute atomic E-state index is 12.8. The normalized spacial score (nSPS) is 12.5. The molecule has 2 rings (SSSR count).